The third-order valence-electron chi connectivity index (χ3n) is 6.47. The van der Waals surface area contributed by atoms with Crippen molar-refractivity contribution in [1.82, 2.24) is 9.80 Å². The van der Waals surface area contributed by atoms with Crippen molar-refractivity contribution in [2.45, 2.75) is 71.6 Å². The van der Waals surface area contributed by atoms with Crippen LogP contribution in [0.5, 0.6) is 0 Å². The van der Waals surface area contributed by atoms with E-state index in [2.05, 4.69) is 110 Å². The molecule has 0 unspecified atom stereocenters. The van der Waals surface area contributed by atoms with Crippen LogP contribution in [0.15, 0.2) is 54.6 Å². The summed E-state index contributed by atoms with van der Waals surface area (Å²) >= 11 is 0. The molecule has 2 aromatic rings. The summed E-state index contributed by atoms with van der Waals surface area (Å²) in [4.78, 5) is 5.04. The Labute approximate surface area is 190 Å². The lowest BCUT2D eigenvalue weighted by molar-refractivity contribution is 0.122. The zero-order valence-corrected chi connectivity index (χ0v) is 20.1. The van der Waals surface area contributed by atoms with E-state index in [1.807, 2.05) is 0 Å². The molecule has 0 aliphatic carbocycles. The molecule has 2 aromatic carbocycles. The van der Waals surface area contributed by atoms with Gasteiger partial charge in [0, 0.05) is 55.7 Å². The molecule has 0 saturated carbocycles. The molecular weight excluding hydrogens is 380 g/mol. The van der Waals surface area contributed by atoms with Crippen LogP contribution in [0.3, 0.4) is 0 Å². The van der Waals surface area contributed by atoms with Crippen LogP contribution in [0.1, 0.15) is 46.1 Å². The van der Waals surface area contributed by atoms with Crippen LogP contribution < -0.4 is 10.6 Å². The van der Waals surface area contributed by atoms with E-state index in [-0.39, 0.29) is 0 Å². The van der Waals surface area contributed by atoms with Gasteiger partial charge in [0.15, 0.2) is 0 Å². The monoisotopic (exact) mass is 422 g/mol. The standard InChI is InChI=1S/C14H22N2.C13H20N2/c1-12(2)16-10-8-14(9-11-16)15-13-6-4-3-5-7-13;1-10(2)15-8-13(9-15)14-12-6-4-11(3)5-7-12/h3-7,12,14-15H,8-11H2,1-2H3;4-7,10,13-14H,8-9H2,1-3H3. The first kappa shape index (κ1) is 23.6. The number of benzene rings is 2. The fourth-order valence-electron chi connectivity index (χ4n) is 4.24. The van der Waals surface area contributed by atoms with Gasteiger partial charge >= 0.3 is 0 Å². The number of nitrogens with zero attached hydrogens (tertiary/aromatic N) is 2. The van der Waals surface area contributed by atoms with Crippen LogP contribution >= 0.6 is 0 Å². The zero-order valence-electron chi connectivity index (χ0n) is 20.1. The molecule has 2 heterocycles. The van der Waals surface area contributed by atoms with Crippen molar-refractivity contribution in [1.29, 1.82) is 0 Å². The van der Waals surface area contributed by atoms with E-state index in [9.17, 15) is 0 Å². The second-order valence-corrected chi connectivity index (χ2v) is 9.67. The van der Waals surface area contributed by atoms with Gasteiger partial charge in [-0.2, -0.15) is 0 Å². The van der Waals surface area contributed by atoms with Crippen molar-refractivity contribution >= 4 is 11.4 Å². The molecule has 4 nitrogen and oxygen atoms in total. The molecule has 4 heteroatoms. The number of aryl methyl sites for hydroxylation is 1. The molecule has 2 aliphatic rings. The van der Waals surface area contributed by atoms with Crippen LogP contribution in [-0.4, -0.2) is 60.1 Å². The lowest BCUT2D eigenvalue weighted by atomic mass is 10.0. The Morgan fingerprint density at radius 3 is 1.74 bits per heavy atom. The molecular formula is C27H42N4. The van der Waals surface area contributed by atoms with Gasteiger partial charge in [-0.05, 0) is 71.7 Å². The zero-order chi connectivity index (χ0) is 22.2. The van der Waals surface area contributed by atoms with E-state index in [0.29, 0.717) is 24.2 Å². The second kappa shape index (κ2) is 11.5. The summed E-state index contributed by atoms with van der Waals surface area (Å²) in [5.41, 5.74) is 3.82. The lowest BCUT2D eigenvalue weighted by Crippen LogP contribution is -2.57. The third kappa shape index (κ3) is 7.55. The van der Waals surface area contributed by atoms with E-state index in [0.717, 1.165) is 0 Å². The Hall–Kier alpha value is -2.04. The summed E-state index contributed by atoms with van der Waals surface area (Å²) < 4.78 is 0. The van der Waals surface area contributed by atoms with Crippen molar-refractivity contribution in [3.63, 3.8) is 0 Å². The van der Waals surface area contributed by atoms with Gasteiger partial charge in [0.2, 0.25) is 0 Å². The molecule has 0 radical (unpaired) electrons. The SMILES string of the molecule is CC(C)N1CCC(Nc2ccccc2)CC1.Cc1ccc(NC2CN(C(C)C)C2)cc1. The summed E-state index contributed by atoms with van der Waals surface area (Å²) in [5.74, 6) is 0. The second-order valence-electron chi connectivity index (χ2n) is 9.67. The van der Waals surface area contributed by atoms with Crippen molar-refractivity contribution in [2.24, 2.45) is 0 Å². The fraction of sp³-hybridized carbons (Fsp3) is 0.556. The van der Waals surface area contributed by atoms with Crippen LogP contribution in [0, 0.1) is 6.92 Å². The molecule has 0 aromatic heterocycles. The van der Waals surface area contributed by atoms with Crippen molar-refractivity contribution in [2.75, 3.05) is 36.8 Å². The number of anilines is 2. The van der Waals surface area contributed by atoms with Crippen LogP contribution in [-0.2, 0) is 0 Å². The third-order valence-corrected chi connectivity index (χ3v) is 6.47. The first-order valence-electron chi connectivity index (χ1n) is 12.0. The molecule has 0 amide bonds. The summed E-state index contributed by atoms with van der Waals surface area (Å²) in [7, 11) is 0. The molecule has 0 bridgehead atoms. The van der Waals surface area contributed by atoms with Gasteiger partial charge in [-0.25, -0.2) is 0 Å². The molecule has 2 N–H and O–H groups in total. The van der Waals surface area contributed by atoms with Gasteiger partial charge < -0.3 is 15.5 Å². The van der Waals surface area contributed by atoms with Crippen molar-refractivity contribution in [3.8, 4) is 0 Å². The van der Waals surface area contributed by atoms with Crippen LogP contribution in [0.2, 0.25) is 0 Å². The first-order valence-corrected chi connectivity index (χ1v) is 12.0. The van der Waals surface area contributed by atoms with E-state index in [4.69, 9.17) is 0 Å². The molecule has 0 spiro atoms. The fourth-order valence-corrected chi connectivity index (χ4v) is 4.24. The summed E-state index contributed by atoms with van der Waals surface area (Å²) in [6.07, 6.45) is 2.51. The predicted molar refractivity (Wildman–Crippen MR) is 135 cm³/mol. The lowest BCUT2D eigenvalue weighted by Gasteiger charge is -2.42. The Bertz CT molecular complexity index is 743. The van der Waals surface area contributed by atoms with Gasteiger partial charge in [0.25, 0.3) is 0 Å². The topological polar surface area (TPSA) is 30.5 Å². The van der Waals surface area contributed by atoms with Crippen molar-refractivity contribution < 1.29 is 0 Å². The highest BCUT2D eigenvalue weighted by atomic mass is 15.3. The maximum atomic E-state index is 3.61. The molecule has 31 heavy (non-hydrogen) atoms. The quantitative estimate of drug-likeness (QED) is 0.646. The smallest absolute Gasteiger partial charge is 0.0515 e. The Morgan fingerprint density at radius 1 is 0.677 bits per heavy atom. The first-order chi connectivity index (χ1) is 14.9. The summed E-state index contributed by atoms with van der Waals surface area (Å²) in [5, 5.41) is 7.16. The molecule has 4 rings (SSSR count). The average Bonchev–Trinajstić information content (AvgIpc) is 2.73. The molecule has 2 saturated heterocycles. The number of nitrogens with one attached hydrogen (secondary N) is 2. The minimum atomic E-state index is 0.634. The van der Waals surface area contributed by atoms with Crippen molar-refractivity contribution in [3.05, 3.63) is 60.2 Å². The molecule has 0 atom stereocenters. The highest BCUT2D eigenvalue weighted by molar-refractivity contribution is 5.46. The Balaban J connectivity index is 0.000000176. The van der Waals surface area contributed by atoms with Gasteiger partial charge in [0.1, 0.15) is 0 Å². The van der Waals surface area contributed by atoms with Gasteiger partial charge in [-0.3, -0.25) is 4.90 Å². The minimum Gasteiger partial charge on any atom is -0.382 e. The number of rotatable bonds is 6. The van der Waals surface area contributed by atoms with Crippen LogP contribution in [0.25, 0.3) is 0 Å². The predicted octanol–water partition coefficient (Wildman–Crippen LogP) is 5.47. The van der Waals surface area contributed by atoms with Gasteiger partial charge in [-0.15, -0.1) is 0 Å². The minimum absolute atomic E-state index is 0.634. The maximum Gasteiger partial charge on any atom is 0.0515 e. The Morgan fingerprint density at radius 2 is 1.19 bits per heavy atom. The van der Waals surface area contributed by atoms with E-state index < -0.39 is 0 Å². The Kier molecular flexibility index (Phi) is 8.79. The van der Waals surface area contributed by atoms with Gasteiger partial charge in [0.05, 0.1) is 6.04 Å². The van der Waals surface area contributed by atoms with Crippen LogP contribution in [0.4, 0.5) is 11.4 Å². The highest BCUT2D eigenvalue weighted by Gasteiger charge is 2.27. The number of likely N-dealkylation sites (tertiary alicyclic amines) is 2. The van der Waals surface area contributed by atoms with E-state index in [1.165, 1.54) is 56.0 Å². The number of hydrogen-bond acceptors (Lipinski definition) is 4. The molecule has 2 aliphatic heterocycles. The van der Waals surface area contributed by atoms with E-state index in [1.54, 1.807) is 0 Å². The number of para-hydroxylation sites is 1. The maximum absolute atomic E-state index is 3.61. The number of hydrogen-bond donors (Lipinski definition) is 2. The van der Waals surface area contributed by atoms with Gasteiger partial charge in [-0.1, -0.05) is 35.9 Å². The molecule has 2 fully saturated rings. The average molecular weight is 423 g/mol. The highest BCUT2D eigenvalue weighted by Crippen LogP contribution is 2.18. The van der Waals surface area contributed by atoms with E-state index >= 15 is 0 Å². The largest absolute Gasteiger partial charge is 0.382 e. The normalized spacial score (nSPS) is 18.4. The summed E-state index contributed by atoms with van der Waals surface area (Å²) in [6, 6.07) is 21.8. The number of piperidine rings is 1. The summed E-state index contributed by atoms with van der Waals surface area (Å²) in [6.45, 7) is 16.0. The molecule has 170 valence electrons.